The van der Waals surface area contributed by atoms with E-state index in [4.69, 9.17) is 9.84 Å². The van der Waals surface area contributed by atoms with Crippen LogP contribution in [0.4, 0.5) is 0 Å². The Morgan fingerprint density at radius 2 is 2.00 bits per heavy atom. The van der Waals surface area contributed by atoms with Crippen LogP contribution in [0.5, 0.6) is 5.75 Å². The molecule has 104 valence electrons. The van der Waals surface area contributed by atoms with Crippen molar-refractivity contribution < 1.29 is 14.6 Å². The summed E-state index contributed by atoms with van der Waals surface area (Å²) in [6.07, 6.45) is 4.76. The molecule has 19 heavy (non-hydrogen) atoms. The molecule has 0 atom stereocenters. The van der Waals surface area contributed by atoms with Crippen molar-refractivity contribution in [3.63, 3.8) is 0 Å². The average molecular weight is 262 g/mol. The third kappa shape index (κ3) is 6.65. The van der Waals surface area contributed by atoms with Crippen LogP contribution in [0, 0.1) is 5.41 Å². The van der Waals surface area contributed by atoms with Crippen LogP contribution >= 0.6 is 0 Å². The van der Waals surface area contributed by atoms with Crippen molar-refractivity contribution in [3.8, 4) is 5.75 Å². The predicted octanol–water partition coefficient (Wildman–Crippen LogP) is 3.99. The molecule has 0 fully saturated rings. The summed E-state index contributed by atoms with van der Waals surface area (Å²) in [6, 6.07) is 7.46. The second-order valence-electron chi connectivity index (χ2n) is 5.72. The summed E-state index contributed by atoms with van der Waals surface area (Å²) in [5, 5.41) is 8.64. The van der Waals surface area contributed by atoms with Gasteiger partial charge in [-0.2, -0.15) is 0 Å². The first-order valence-electron chi connectivity index (χ1n) is 6.51. The Balaban J connectivity index is 2.56. The molecule has 0 amide bonds. The summed E-state index contributed by atoms with van der Waals surface area (Å²) in [5.41, 5.74) is 1.10. The molecule has 0 saturated carbocycles. The molecule has 0 aromatic heterocycles. The Morgan fingerprint density at radius 1 is 1.32 bits per heavy atom. The van der Waals surface area contributed by atoms with Crippen LogP contribution in [0.25, 0.3) is 6.08 Å². The number of carboxylic acids is 1. The first-order valence-corrected chi connectivity index (χ1v) is 6.51. The molecule has 3 heteroatoms. The molecule has 0 aliphatic carbocycles. The second-order valence-corrected chi connectivity index (χ2v) is 5.72. The van der Waals surface area contributed by atoms with E-state index in [2.05, 4.69) is 20.8 Å². The van der Waals surface area contributed by atoms with Crippen molar-refractivity contribution in [3.05, 3.63) is 35.9 Å². The number of hydrogen-bond acceptors (Lipinski definition) is 2. The molecule has 1 aromatic carbocycles. The monoisotopic (exact) mass is 262 g/mol. The zero-order chi connectivity index (χ0) is 14.3. The molecule has 1 aromatic rings. The minimum atomic E-state index is -0.956. The number of carbonyl (C=O) groups is 1. The number of carboxylic acid groups (broad SMARTS) is 1. The quantitative estimate of drug-likeness (QED) is 0.623. The lowest BCUT2D eigenvalue weighted by Gasteiger charge is -2.18. The number of hydrogen-bond donors (Lipinski definition) is 1. The number of rotatable bonds is 6. The normalized spacial score (nSPS) is 11.7. The molecule has 0 aliphatic heterocycles. The largest absolute Gasteiger partial charge is 0.493 e. The minimum Gasteiger partial charge on any atom is -0.493 e. The van der Waals surface area contributed by atoms with Gasteiger partial charge in [-0.3, -0.25) is 0 Å². The number of aliphatic carboxylic acids is 1. The summed E-state index contributed by atoms with van der Waals surface area (Å²) < 4.78 is 5.72. The zero-order valence-corrected chi connectivity index (χ0v) is 11.8. The molecule has 1 N–H and O–H groups in total. The van der Waals surface area contributed by atoms with Gasteiger partial charge in [-0.05, 0) is 30.4 Å². The molecular formula is C16H22O3. The Morgan fingerprint density at radius 3 is 2.63 bits per heavy atom. The molecule has 0 radical (unpaired) electrons. The maximum Gasteiger partial charge on any atom is 0.328 e. The average Bonchev–Trinajstić information content (AvgIpc) is 2.32. The van der Waals surface area contributed by atoms with Gasteiger partial charge in [0.2, 0.25) is 0 Å². The fourth-order valence-electron chi connectivity index (χ4n) is 1.70. The molecule has 0 heterocycles. The standard InChI is InChI=1S/C16H22O3/c1-16(2,3)11-6-12-19-14-8-5-4-7-13(14)9-10-15(17)18/h4-5,7-10H,6,11-12H2,1-3H3,(H,17,18)/b10-9+. The highest BCUT2D eigenvalue weighted by Crippen LogP contribution is 2.23. The van der Waals surface area contributed by atoms with E-state index >= 15 is 0 Å². The summed E-state index contributed by atoms with van der Waals surface area (Å²) >= 11 is 0. The molecule has 0 bridgehead atoms. The van der Waals surface area contributed by atoms with E-state index in [9.17, 15) is 4.79 Å². The van der Waals surface area contributed by atoms with Crippen molar-refractivity contribution in [2.24, 2.45) is 5.41 Å². The van der Waals surface area contributed by atoms with Crippen molar-refractivity contribution in [2.75, 3.05) is 6.61 Å². The Bertz CT molecular complexity index is 442. The lowest BCUT2D eigenvalue weighted by atomic mass is 9.91. The van der Waals surface area contributed by atoms with Crippen LogP contribution in [0.1, 0.15) is 39.2 Å². The lowest BCUT2D eigenvalue weighted by Crippen LogP contribution is -2.08. The van der Waals surface area contributed by atoms with Crippen LogP contribution in [-0.2, 0) is 4.79 Å². The van der Waals surface area contributed by atoms with Crippen molar-refractivity contribution >= 4 is 12.0 Å². The smallest absolute Gasteiger partial charge is 0.328 e. The molecule has 0 unspecified atom stereocenters. The Kier molecular flexibility index (Phi) is 5.61. The van der Waals surface area contributed by atoms with Crippen molar-refractivity contribution in [2.45, 2.75) is 33.6 Å². The molecule has 0 spiro atoms. The second kappa shape index (κ2) is 6.98. The molecular weight excluding hydrogens is 240 g/mol. The summed E-state index contributed by atoms with van der Waals surface area (Å²) in [6.45, 7) is 7.26. The van der Waals surface area contributed by atoms with Crippen LogP contribution in [-0.4, -0.2) is 17.7 Å². The topological polar surface area (TPSA) is 46.5 Å². The van der Waals surface area contributed by atoms with Gasteiger partial charge in [0, 0.05) is 11.6 Å². The third-order valence-corrected chi connectivity index (χ3v) is 2.65. The van der Waals surface area contributed by atoms with Gasteiger partial charge >= 0.3 is 5.97 Å². The van der Waals surface area contributed by atoms with Crippen LogP contribution in [0.2, 0.25) is 0 Å². The van der Waals surface area contributed by atoms with E-state index in [0.717, 1.165) is 30.2 Å². The van der Waals surface area contributed by atoms with E-state index in [1.807, 2.05) is 24.3 Å². The van der Waals surface area contributed by atoms with E-state index in [0.29, 0.717) is 12.0 Å². The van der Waals surface area contributed by atoms with E-state index in [1.54, 1.807) is 6.08 Å². The van der Waals surface area contributed by atoms with E-state index < -0.39 is 5.97 Å². The van der Waals surface area contributed by atoms with Gasteiger partial charge in [-0.15, -0.1) is 0 Å². The highest BCUT2D eigenvalue weighted by Gasteiger charge is 2.09. The molecule has 1 rings (SSSR count). The van der Waals surface area contributed by atoms with Crippen molar-refractivity contribution in [1.82, 2.24) is 0 Å². The lowest BCUT2D eigenvalue weighted by molar-refractivity contribution is -0.131. The summed E-state index contributed by atoms with van der Waals surface area (Å²) in [5.74, 6) is -0.226. The number of ether oxygens (including phenoxy) is 1. The maximum absolute atomic E-state index is 10.5. The first kappa shape index (κ1) is 15.3. The minimum absolute atomic E-state index is 0.312. The summed E-state index contributed by atoms with van der Waals surface area (Å²) in [7, 11) is 0. The van der Waals surface area contributed by atoms with Gasteiger partial charge in [-0.1, -0.05) is 39.0 Å². The van der Waals surface area contributed by atoms with Crippen LogP contribution in [0.15, 0.2) is 30.3 Å². The van der Waals surface area contributed by atoms with E-state index in [1.165, 1.54) is 0 Å². The van der Waals surface area contributed by atoms with E-state index in [-0.39, 0.29) is 0 Å². The third-order valence-electron chi connectivity index (χ3n) is 2.65. The van der Waals surface area contributed by atoms with Crippen molar-refractivity contribution in [1.29, 1.82) is 0 Å². The first-order chi connectivity index (χ1) is 8.88. The van der Waals surface area contributed by atoms with Gasteiger partial charge in [-0.25, -0.2) is 4.79 Å². The SMILES string of the molecule is CC(C)(C)CCCOc1ccccc1/C=C/C(=O)O. The van der Waals surface area contributed by atoms with Crippen LogP contribution in [0.3, 0.4) is 0 Å². The summed E-state index contributed by atoms with van der Waals surface area (Å²) in [4.78, 5) is 10.5. The van der Waals surface area contributed by atoms with Gasteiger partial charge < -0.3 is 9.84 Å². The molecule has 0 saturated heterocycles. The molecule has 0 aliphatic rings. The predicted molar refractivity (Wildman–Crippen MR) is 77.3 cm³/mol. The molecule has 3 nitrogen and oxygen atoms in total. The van der Waals surface area contributed by atoms with Crippen LogP contribution < -0.4 is 4.74 Å². The van der Waals surface area contributed by atoms with Gasteiger partial charge in [0.05, 0.1) is 6.61 Å². The fraction of sp³-hybridized carbons (Fsp3) is 0.438. The van der Waals surface area contributed by atoms with Gasteiger partial charge in [0.15, 0.2) is 0 Å². The maximum atomic E-state index is 10.5. The number of para-hydroxylation sites is 1. The Labute approximate surface area is 114 Å². The fourth-order valence-corrected chi connectivity index (χ4v) is 1.70. The Hall–Kier alpha value is -1.77. The number of benzene rings is 1. The highest BCUT2D eigenvalue weighted by molar-refractivity contribution is 5.85. The highest BCUT2D eigenvalue weighted by atomic mass is 16.5. The van der Waals surface area contributed by atoms with Gasteiger partial charge in [0.25, 0.3) is 0 Å². The van der Waals surface area contributed by atoms with Gasteiger partial charge in [0.1, 0.15) is 5.75 Å². The zero-order valence-electron chi connectivity index (χ0n) is 11.8.